The second-order valence-corrected chi connectivity index (χ2v) is 5.63. The lowest BCUT2D eigenvalue weighted by Gasteiger charge is -2.42. The van der Waals surface area contributed by atoms with Gasteiger partial charge in [0.1, 0.15) is 11.5 Å². The standard InChI is InChI=1S/C16H21NO5/c1-11(22-13-6-4-12(21-2)5-7-13)15(20)17-16(8-3-9-16)10-14(18)19/h4-7,11H,3,8-10H2,1-2H3,(H,17,20)(H,18,19)/t11-/m1/s1. The minimum atomic E-state index is -0.899. The number of carbonyl (C=O) groups is 2. The molecule has 0 radical (unpaired) electrons. The first-order valence-electron chi connectivity index (χ1n) is 7.29. The van der Waals surface area contributed by atoms with E-state index in [9.17, 15) is 9.59 Å². The molecule has 2 rings (SSSR count). The Hall–Kier alpha value is -2.24. The van der Waals surface area contributed by atoms with Gasteiger partial charge in [-0.3, -0.25) is 9.59 Å². The normalized spacial score (nSPS) is 17.0. The van der Waals surface area contributed by atoms with Crippen LogP contribution >= 0.6 is 0 Å². The molecule has 1 saturated carbocycles. The van der Waals surface area contributed by atoms with Crippen LogP contribution in [0.4, 0.5) is 0 Å². The van der Waals surface area contributed by atoms with Gasteiger partial charge in [0, 0.05) is 0 Å². The lowest BCUT2D eigenvalue weighted by atomic mass is 9.74. The molecule has 22 heavy (non-hydrogen) atoms. The molecule has 0 unspecified atom stereocenters. The van der Waals surface area contributed by atoms with Gasteiger partial charge >= 0.3 is 5.97 Å². The van der Waals surface area contributed by atoms with Crippen LogP contribution in [0.1, 0.15) is 32.6 Å². The highest BCUT2D eigenvalue weighted by Crippen LogP contribution is 2.35. The van der Waals surface area contributed by atoms with E-state index in [0.29, 0.717) is 24.3 Å². The maximum absolute atomic E-state index is 12.2. The molecule has 120 valence electrons. The minimum absolute atomic E-state index is 0.0476. The van der Waals surface area contributed by atoms with E-state index in [1.807, 2.05) is 0 Å². The third-order valence-electron chi connectivity index (χ3n) is 3.93. The number of benzene rings is 1. The molecule has 0 bridgehead atoms. The fourth-order valence-corrected chi connectivity index (χ4v) is 2.51. The summed E-state index contributed by atoms with van der Waals surface area (Å²) >= 11 is 0. The van der Waals surface area contributed by atoms with Crippen molar-refractivity contribution < 1.29 is 24.2 Å². The summed E-state index contributed by atoms with van der Waals surface area (Å²) in [6.07, 6.45) is 1.58. The topological polar surface area (TPSA) is 84.9 Å². The zero-order valence-corrected chi connectivity index (χ0v) is 12.8. The SMILES string of the molecule is COc1ccc(O[C@H](C)C(=O)NC2(CC(=O)O)CCC2)cc1. The van der Waals surface area contributed by atoms with E-state index in [4.69, 9.17) is 14.6 Å². The van der Waals surface area contributed by atoms with Crippen LogP contribution in [0.2, 0.25) is 0 Å². The molecule has 0 aromatic heterocycles. The lowest BCUT2D eigenvalue weighted by molar-refractivity contribution is -0.141. The number of ether oxygens (including phenoxy) is 2. The number of carboxylic acids is 1. The zero-order chi connectivity index (χ0) is 16.2. The van der Waals surface area contributed by atoms with Gasteiger partial charge in [-0.25, -0.2) is 0 Å². The largest absolute Gasteiger partial charge is 0.497 e. The van der Waals surface area contributed by atoms with Crippen LogP contribution < -0.4 is 14.8 Å². The summed E-state index contributed by atoms with van der Waals surface area (Å²) in [5.74, 6) is 0.0733. The van der Waals surface area contributed by atoms with Gasteiger partial charge in [0.15, 0.2) is 6.10 Å². The Morgan fingerprint density at radius 2 is 1.86 bits per heavy atom. The Morgan fingerprint density at radius 1 is 1.27 bits per heavy atom. The van der Waals surface area contributed by atoms with E-state index in [0.717, 1.165) is 6.42 Å². The second kappa shape index (κ2) is 6.68. The number of hydrogen-bond acceptors (Lipinski definition) is 4. The predicted molar refractivity (Wildman–Crippen MR) is 80.1 cm³/mol. The van der Waals surface area contributed by atoms with Gasteiger partial charge in [-0.05, 0) is 50.5 Å². The molecule has 1 aliphatic carbocycles. The molecule has 1 atom stereocenters. The van der Waals surface area contributed by atoms with Crippen molar-refractivity contribution in [3.05, 3.63) is 24.3 Å². The Kier molecular flexibility index (Phi) is 4.90. The highest BCUT2D eigenvalue weighted by atomic mass is 16.5. The molecule has 1 aromatic carbocycles. The Balaban J connectivity index is 1.92. The highest BCUT2D eigenvalue weighted by Gasteiger charge is 2.41. The van der Waals surface area contributed by atoms with Gasteiger partial charge in [-0.1, -0.05) is 0 Å². The molecule has 0 saturated heterocycles. The first kappa shape index (κ1) is 16.1. The molecule has 0 heterocycles. The van der Waals surface area contributed by atoms with Gasteiger partial charge < -0.3 is 19.9 Å². The molecular formula is C16H21NO5. The monoisotopic (exact) mass is 307 g/mol. The van der Waals surface area contributed by atoms with E-state index in [-0.39, 0.29) is 12.3 Å². The smallest absolute Gasteiger partial charge is 0.305 e. The van der Waals surface area contributed by atoms with Crippen molar-refractivity contribution in [3.63, 3.8) is 0 Å². The number of carboxylic acid groups (broad SMARTS) is 1. The summed E-state index contributed by atoms with van der Waals surface area (Å²) in [5.41, 5.74) is -0.611. The van der Waals surface area contributed by atoms with Crippen LogP contribution in [0.15, 0.2) is 24.3 Å². The van der Waals surface area contributed by atoms with E-state index in [1.165, 1.54) is 0 Å². The minimum Gasteiger partial charge on any atom is -0.497 e. The molecule has 1 fully saturated rings. The summed E-state index contributed by atoms with van der Waals surface area (Å²) in [5, 5.41) is 11.8. The van der Waals surface area contributed by atoms with Crippen LogP contribution in [-0.2, 0) is 9.59 Å². The van der Waals surface area contributed by atoms with Gasteiger partial charge in [0.05, 0.1) is 19.1 Å². The van der Waals surface area contributed by atoms with Gasteiger partial charge in [0.25, 0.3) is 5.91 Å². The van der Waals surface area contributed by atoms with E-state index in [2.05, 4.69) is 5.32 Å². The predicted octanol–water partition coefficient (Wildman–Crippen LogP) is 1.98. The highest BCUT2D eigenvalue weighted by molar-refractivity contribution is 5.82. The molecule has 0 spiro atoms. The molecule has 1 aromatic rings. The molecule has 0 aliphatic heterocycles. The van der Waals surface area contributed by atoms with Crippen LogP contribution in [0.25, 0.3) is 0 Å². The molecule has 1 aliphatic rings. The Labute approximate surface area is 129 Å². The van der Waals surface area contributed by atoms with E-state index in [1.54, 1.807) is 38.3 Å². The van der Waals surface area contributed by atoms with Crippen LogP contribution in [-0.4, -0.2) is 35.7 Å². The average Bonchev–Trinajstić information content (AvgIpc) is 2.45. The number of nitrogens with one attached hydrogen (secondary N) is 1. The van der Waals surface area contributed by atoms with Crippen molar-refractivity contribution in [3.8, 4) is 11.5 Å². The molecular weight excluding hydrogens is 286 g/mol. The summed E-state index contributed by atoms with van der Waals surface area (Å²) in [6, 6.07) is 6.94. The number of aliphatic carboxylic acids is 1. The molecule has 6 heteroatoms. The number of hydrogen-bond donors (Lipinski definition) is 2. The molecule has 2 N–H and O–H groups in total. The van der Waals surface area contributed by atoms with Crippen molar-refractivity contribution in [1.82, 2.24) is 5.32 Å². The van der Waals surface area contributed by atoms with E-state index < -0.39 is 17.6 Å². The average molecular weight is 307 g/mol. The molecule has 1 amide bonds. The van der Waals surface area contributed by atoms with Crippen molar-refractivity contribution in [2.75, 3.05) is 7.11 Å². The number of methoxy groups -OCH3 is 1. The summed E-state index contributed by atoms with van der Waals surface area (Å²) in [4.78, 5) is 23.1. The summed E-state index contributed by atoms with van der Waals surface area (Å²) in [7, 11) is 1.58. The number of amides is 1. The Bertz CT molecular complexity index is 536. The maximum atomic E-state index is 12.2. The van der Waals surface area contributed by atoms with Crippen molar-refractivity contribution in [2.24, 2.45) is 0 Å². The van der Waals surface area contributed by atoms with Crippen molar-refractivity contribution >= 4 is 11.9 Å². The first-order valence-corrected chi connectivity index (χ1v) is 7.29. The second-order valence-electron chi connectivity index (χ2n) is 5.63. The van der Waals surface area contributed by atoms with E-state index >= 15 is 0 Å². The van der Waals surface area contributed by atoms with Crippen molar-refractivity contribution in [2.45, 2.75) is 44.2 Å². The maximum Gasteiger partial charge on any atom is 0.305 e. The van der Waals surface area contributed by atoms with Crippen LogP contribution in [0.5, 0.6) is 11.5 Å². The van der Waals surface area contributed by atoms with Gasteiger partial charge in [-0.2, -0.15) is 0 Å². The number of carbonyl (C=O) groups excluding carboxylic acids is 1. The summed E-state index contributed by atoms with van der Waals surface area (Å²) in [6.45, 7) is 1.65. The van der Waals surface area contributed by atoms with Gasteiger partial charge in [0.2, 0.25) is 0 Å². The zero-order valence-electron chi connectivity index (χ0n) is 12.8. The van der Waals surface area contributed by atoms with Crippen molar-refractivity contribution in [1.29, 1.82) is 0 Å². The molecule has 6 nitrogen and oxygen atoms in total. The fourth-order valence-electron chi connectivity index (χ4n) is 2.51. The van der Waals surface area contributed by atoms with Gasteiger partial charge in [-0.15, -0.1) is 0 Å². The number of rotatable bonds is 7. The summed E-state index contributed by atoms with van der Waals surface area (Å²) < 4.78 is 10.6. The van der Waals surface area contributed by atoms with Crippen LogP contribution in [0.3, 0.4) is 0 Å². The fraction of sp³-hybridized carbons (Fsp3) is 0.500. The quantitative estimate of drug-likeness (QED) is 0.804. The van der Waals surface area contributed by atoms with Crippen LogP contribution in [0, 0.1) is 0 Å². The first-order chi connectivity index (χ1) is 10.4. The lowest BCUT2D eigenvalue weighted by Crippen LogP contribution is -2.57. The third-order valence-corrected chi connectivity index (χ3v) is 3.93. The third kappa shape index (κ3) is 3.90. The Morgan fingerprint density at radius 3 is 2.32 bits per heavy atom.